The average Bonchev–Trinajstić information content (AvgIpc) is 2.68. The van der Waals surface area contributed by atoms with Crippen molar-refractivity contribution >= 4 is 27.3 Å². The molecule has 0 atom stereocenters. The van der Waals surface area contributed by atoms with Crippen molar-refractivity contribution < 1.29 is 21.9 Å². The topological polar surface area (TPSA) is 46.6 Å². The maximum Gasteiger partial charge on any atom is 0.264 e. The standard InChI is InChI=1S/C20H16ClF2NO3S/c1-27-14-9-11-15(12-10-14)28(25,26)24(20-8-3-2-6-19(20)23)13-16-17(21)5-4-7-18(16)22/h2-12H,13H2,1H3. The van der Waals surface area contributed by atoms with Gasteiger partial charge in [-0.3, -0.25) is 4.31 Å². The monoisotopic (exact) mass is 423 g/mol. The van der Waals surface area contributed by atoms with Crippen LogP contribution < -0.4 is 9.04 Å². The van der Waals surface area contributed by atoms with Crippen LogP contribution in [0.4, 0.5) is 14.5 Å². The Morgan fingerprint density at radius 3 is 2.18 bits per heavy atom. The first-order valence-electron chi connectivity index (χ1n) is 8.19. The maximum absolute atomic E-state index is 14.5. The maximum atomic E-state index is 14.5. The summed E-state index contributed by atoms with van der Waals surface area (Å²) >= 11 is 6.06. The van der Waals surface area contributed by atoms with Gasteiger partial charge in [0.1, 0.15) is 17.4 Å². The van der Waals surface area contributed by atoms with E-state index in [1.54, 1.807) is 0 Å². The Morgan fingerprint density at radius 2 is 1.57 bits per heavy atom. The molecule has 146 valence electrons. The van der Waals surface area contributed by atoms with Crippen molar-refractivity contribution in [2.45, 2.75) is 11.4 Å². The average molecular weight is 424 g/mol. The van der Waals surface area contributed by atoms with Crippen LogP contribution in [-0.2, 0) is 16.6 Å². The van der Waals surface area contributed by atoms with Crippen molar-refractivity contribution in [3.8, 4) is 5.75 Å². The van der Waals surface area contributed by atoms with E-state index in [0.717, 1.165) is 10.4 Å². The molecule has 4 nitrogen and oxygen atoms in total. The lowest BCUT2D eigenvalue weighted by Crippen LogP contribution is -2.31. The number of anilines is 1. The SMILES string of the molecule is COc1ccc(S(=O)(=O)N(Cc2c(F)cccc2Cl)c2ccccc2F)cc1. The lowest BCUT2D eigenvalue weighted by Gasteiger charge is -2.25. The Morgan fingerprint density at radius 1 is 0.929 bits per heavy atom. The van der Waals surface area contributed by atoms with Crippen LogP contribution in [0.3, 0.4) is 0 Å². The van der Waals surface area contributed by atoms with Gasteiger partial charge in [-0.1, -0.05) is 29.8 Å². The van der Waals surface area contributed by atoms with E-state index in [0.29, 0.717) is 5.75 Å². The van der Waals surface area contributed by atoms with Crippen molar-refractivity contribution in [1.82, 2.24) is 0 Å². The number of nitrogens with zero attached hydrogens (tertiary/aromatic N) is 1. The van der Waals surface area contributed by atoms with Crippen LogP contribution >= 0.6 is 11.6 Å². The number of rotatable bonds is 6. The number of ether oxygens (including phenoxy) is 1. The summed E-state index contributed by atoms with van der Waals surface area (Å²) in [6.07, 6.45) is 0. The molecule has 3 aromatic rings. The van der Waals surface area contributed by atoms with Crippen molar-refractivity contribution in [2.75, 3.05) is 11.4 Å². The third-order valence-corrected chi connectivity index (χ3v) is 6.26. The molecule has 0 bridgehead atoms. The molecule has 0 saturated carbocycles. The molecule has 0 radical (unpaired) electrons. The molecular weight excluding hydrogens is 408 g/mol. The largest absolute Gasteiger partial charge is 0.497 e. The summed E-state index contributed by atoms with van der Waals surface area (Å²) in [5.41, 5.74) is -0.262. The predicted molar refractivity (Wildman–Crippen MR) is 104 cm³/mol. The Balaban J connectivity index is 2.14. The summed E-state index contributed by atoms with van der Waals surface area (Å²) in [6, 6.07) is 15.0. The lowest BCUT2D eigenvalue weighted by atomic mass is 10.2. The predicted octanol–water partition coefficient (Wildman–Crippen LogP) is 5.02. The van der Waals surface area contributed by atoms with Gasteiger partial charge in [-0.2, -0.15) is 0 Å². The number of halogens is 3. The highest BCUT2D eigenvalue weighted by Gasteiger charge is 2.29. The lowest BCUT2D eigenvalue weighted by molar-refractivity contribution is 0.414. The quantitative estimate of drug-likeness (QED) is 0.559. The van der Waals surface area contributed by atoms with Gasteiger partial charge in [-0.25, -0.2) is 17.2 Å². The summed E-state index contributed by atoms with van der Waals surface area (Å²) < 4.78 is 61.1. The highest BCUT2D eigenvalue weighted by Crippen LogP contribution is 2.31. The minimum atomic E-state index is -4.22. The summed E-state index contributed by atoms with van der Waals surface area (Å²) in [7, 11) is -2.77. The van der Waals surface area contributed by atoms with Crippen LogP contribution in [0.15, 0.2) is 71.6 Å². The van der Waals surface area contributed by atoms with Crippen molar-refractivity contribution in [2.24, 2.45) is 0 Å². The molecule has 0 aliphatic carbocycles. The van der Waals surface area contributed by atoms with Crippen molar-refractivity contribution in [3.05, 3.63) is 89.0 Å². The Hall–Kier alpha value is -2.64. The zero-order valence-electron chi connectivity index (χ0n) is 14.8. The fourth-order valence-corrected chi connectivity index (χ4v) is 4.32. The molecule has 0 fully saturated rings. The molecule has 0 aromatic heterocycles. The summed E-state index contributed by atoms with van der Waals surface area (Å²) in [5, 5.41) is 0.0475. The van der Waals surface area contributed by atoms with E-state index in [2.05, 4.69) is 0 Å². The van der Waals surface area contributed by atoms with Gasteiger partial charge < -0.3 is 4.74 Å². The number of sulfonamides is 1. The molecule has 0 spiro atoms. The van der Waals surface area contributed by atoms with Crippen LogP contribution in [0.2, 0.25) is 5.02 Å². The summed E-state index contributed by atoms with van der Waals surface area (Å²) in [5.74, 6) is -0.973. The van der Waals surface area contributed by atoms with E-state index in [1.807, 2.05) is 0 Å². The van der Waals surface area contributed by atoms with E-state index in [9.17, 15) is 17.2 Å². The van der Waals surface area contributed by atoms with E-state index >= 15 is 0 Å². The summed E-state index contributed by atoms with van der Waals surface area (Å²) in [4.78, 5) is -0.0935. The molecule has 3 rings (SSSR count). The zero-order valence-corrected chi connectivity index (χ0v) is 16.3. The number of benzene rings is 3. The molecule has 0 aliphatic heterocycles. The second-order valence-electron chi connectivity index (χ2n) is 5.84. The Bertz CT molecular complexity index is 1070. The Kier molecular flexibility index (Phi) is 5.86. The Labute approximate surface area is 167 Å². The van der Waals surface area contributed by atoms with Crippen LogP contribution in [0.1, 0.15) is 5.56 Å². The van der Waals surface area contributed by atoms with Gasteiger partial charge in [0.15, 0.2) is 0 Å². The minimum Gasteiger partial charge on any atom is -0.497 e. The number of hydrogen-bond acceptors (Lipinski definition) is 3. The van der Waals surface area contributed by atoms with Gasteiger partial charge in [-0.15, -0.1) is 0 Å². The minimum absolute atomic E-state index is 0.0475. The van der Waals surface area contributed by atoms with E-state index in [-0.39, 0.29) is 21.2 Å². The van der Waals surface area contributed by atoms with Crippen LogP contribution in [0, 0.1) is 11.6 Å². The van der Waals surface area contributed by atoms with Crippen molar-refractivity contribution in [1.29, 1.82) is 0 Å². The third kappa shape index (κ3) is 3.95. The molecule has 0 N–H and O–H groups in total. The van der Waals surface area contributed by atoms with Crippen LogP contribution in [0.25, 0.3) is 0 Å². The number of hydrogen-bond donors (Lipinski definition) is 0. The van der Waals surface area contributed by atoms with Gasteiger partial charge in [0.25, 0.3) is 10.0 Å². The molecule has 3 aromatic carbocycles. The van der Waals surface area contributed by atoms with Gasteiger partial charge in [0.05, 0.1) is 24.2 Å². The first-order chi connectivity index (χ1) is 13.3. The first kappa shape index (κ1) is 20.1. The first-order valence-corrected chi connectivity index (χ1v) is 10.0. The molecule has 0 heterocycles. The zero-order chi connectivity index (χ0) is 20.3. The fourth-order valence-electron chi connectivity index (χ4n) is 2.66. The van der Waals surface area contributed by atoms with Crippen LogP contribution in [-0.4, -0.2) is 15.5 Å². The van der Waals surface area contributed by atoms with Gasteiger partial charge in [-0.05, 0) is 48.5 Å². The smallest absolute Gasteiger partial charge is 0.264 e. The molecular formula is C20H16ClF2NO3S. The third-order valence-electron chi connectivity index (χ3n) is 4.13. The van der Waals surface area contributed by atoms with Gasteiger partial charge in [0.2, 0.25) is 0 Å². The second-order valence-corrected chi connectivity index (χ2v) is 8.11. The van der Waals surface area contributed by atoms with Gasteiger partial charge >= 0.3 is 0 Å². The normalized spacial score (nSPS) is 11.3. The second kappa shape index (κ2) is 8.16. The molecule has 8 heteroatoms. The highest BCUT2D eigenvalue weighted by molar-refractivity contribution is 7.92. The van der Waals surface area contributed by atoms with E-state index < -0.39 is 28.2 Å². The van der Waals surface area contributed by atoms with Gasteiger partial charge in [0, 0.05) is 10.6 Å². The van der Waals surface area contributed by atoms with Crippen LogP contribution in [0.5, 0.6) is 5.75 Å². The number of para-hydroxylation sites is 1. The molecule has 0 amide bonds. The summed E-state index contributed by atoms with van der Waals surface area (Å²) in [6.45, 7) is -0.471. The number of methoxy groups -OCH3 is 1. The van der Waals surface area contributed by atoms with E-state index in [4.69, 9.17) is 16.3 Å². The van der Waals surface area contributed by atoms with Crippen molar-refractivity contribution in [3.63, 3.8) is 0 Å². The highest BCUT2D eigenvalue weighted by atomic mass is 35.5. The van der Waals surface area contributed by atoms with E-state index in [1.165, 1.54) is 67.8 Å². The fraction of sp³-hybridized carbons (Fsp3) is 0.100. The molecule has 0 unspecified atom stereocenters. The molecule has 0 aliphatic rings. The molecule has 28 heavy (non-hydrogen) atoms. The molecule has 0 saturated heterocycles.